The van der Waals surface area contributed by atoms with Gasteiger partial charge in [0.1, 0.15) is 5.76 Å². The van der Waals surface area contributed by atoms with Crippen LogP contribution in [0.3, 0.4) is 0 Å². The highest BCUT2D eigenvalue weighted by molar-refractivity contribution is 5.92. The minimum absolute atomic E-state index is 0.0390. The SMILES string of the molecule is O=C(c1cc(C2CC2)on1)N1CCN(c2ccc(N3CCCCCC3)nn2)CC1. The maximum Gasteiger partial charge on any atom is 0.276 e. The maximum atomic E-state index is 12.7. The third-order valence-corrected chi connectivity index (χ3v) is 6.18. The highest BCUT2D eigenvalue weighted by Gasteiger charge is 2.31. The Morgan fingerprint density at radius 3 is 2.07 bits per heavy atom. The van der Waals surface area contributed by atoms with Crippen molar-refractivity contribution in [2.45, 2.75) is 44.4 Å². The lowest BCUT2D eigenvalue weighted by molar-refractivity contribution is 0.0736. The molecule has 1 aliphatic carbocycles. The smallest absolute Gasteiger partial charge is 0.276 e. The Bertz CT molecular complexity index is 831. The van der Waals surface area contributed by atoms with Gasteiger partial charge in [0.15, 0.2) is 17.3 Å². The fraction of sp³-hybridized carbons (Fsp3) is 0.619. The molecule has 29 heavy (non-hydrogen) atoms. The van der Waals surface area contributed by atoms with E-state index in [2.05, 4.69) is 37.3 Å². The minimum Gasteiger partial charge on any atom is -0.360 e. The van der Waals surface area contributed by atoms with Gasteiger partial charge in [-0.15, -0.1) is 10.2 Å². The molecule has 1 saturated carbocycles. The molecule has 8 heteroatoms. The third kappa shape index (κ3) is 4.06. The molecule has 3 fully saturated rings. The summed E-state index contributed by atoms with van der Waals surface area (Å²) in [5.41, 5.74) is 0.432. The van der Waals surface area contributed by atoms with Crippen LogP contribution in [0.25, 0.3) is 0 Å². The van der Waals surface area contributed by atoms with Crippen molar-refractivity contribution in [1.29, 1.82) is 0 Å². The second kappa shape index (κ2) is 8.00. The number of carbonyl (C=O) groups is 1. The van der Waals surface area contributed by atoms with Gasteiger partial charge in [-0.25, -0.2) is 0 Å². The molecule has 3 aliphatic rings. The molecule has 0 atom stereocenters. The molecule has 0 spiro atoms. The molecule has 4 heterocycles. The number of nitrogens with zero attached hydrogens (tertiary/aromatic N) is 6. The van der Waals surface area contributed by atoms with Crippen molar-refractivity contribution >= 4 is 17.5 Å². The first kappa shape index (κ1) is 18.4. The highest BCUT2D eigenvalue weighted by Crippen LogP contribution is 2.40. The van der Waals surface area contributed by atoms with Crippen molar-refractivity contribution < 1.29 is 9.32 Å². The maximum absolute atomic E-state index is 12.7. The third-order valence-electron chi connectivity index (χ3n) is 6.18. The Morgan fingerprint density at radius 2 is 1.48 bits per heavy atom. The van der Waals surface area contributed by atoms with Crippen LogP contribution in [0.1, 0.15) is 60.7 Å². The van der Waals surface area contributed by atoms with Crippen LogP contribution < -0.4 is 9.80 Å². The van der Waals surface area contributed by atoms with E-state index in [1.807, 2.05) is 11.0 Å². The van der Waals surface area contributed by atoms with E-state index in [0.29, 0.717) is 24.7 Å². The summed E-state index contributed by atoms with van der Waals surface area (Å²) in [5.74, 6) is 3.14. The van der Waals surface area contributed by atoms with Crippen LogP contribution in [-0.4, -0.2) is 65.4 Å². The molecule has 1 amide bonds. The Morgan fingerprint density at radius 1 is 0.862 bits per heavy atom. The van der Waals surface area contributed by atoms with Crippen LogP contribution in [-0.2, 0) is 0 Å². The molecule has 154 valence electrons. The van der Waals surface area contributed by atoms with Gasteiger partial charge >= 0.3 is 0 Å². The summed E-state index contributed by atoms with van der Waals surface area (Å²) in [6.45, 7) is 4.94. The van der Waals surface area contributed by atoms with Crippen LogP contribution in [0.5, 0.6) is 0 Å². The number of anilines is 2. The second-order valence-corrected chi connectivity index (χ2v) is 8.32. The van der Waals surface area contributed by atoms with Crippen molar-refractivity contribution in [3.05, 3.63) is 29.7 Å². The lowest BCUT2D eigenvalue weighted by Gasteiger charge is -2.34. The van der Waals surface area contributed by atoms with Gasteiger partial charge in [0.25, 0.3) is 5.91 Å². The lowest BCUT2D eigenvalue weighted by atomic mass is 10.2. The normalized spacial score (nSPS) is 20.6. The summed E-state index contributed by atoms with van der Waals surface area (Å²) in [5, 5.41) is 12.9. The van der Waals surface area contributed by atoms with Crippen LogP contribution in [0.4, 0.5) is 11.6 Å². The van der Waals surface area contributed by atoms with Crippen molar-refractivity contribution in [1.82, 2.24) is 20.3 Å². The van der Waals surface area contributed by atoms with Gasteiger partial charge in [0, 0.05) is 51.3 Å². The molecule has 5 rings (SSSR count). The van der Waals surface area contributed by atoms with Crippen molar-refractivity contribution in [2.24, 2.45) is 0 Å². The zero-order valence-corrected chi connectivity index (χ0v) is 16.8. The molecule has 2 aromatic rings. The van der Waals surface area contributed by atoms with Crippen molar-refractivity contribution in [3.63, 3.8) is 0 Å². The predicted molar refractivity (Wildman–Crippen MR) is 109 cm³/mol. The standard InChI is InChI=1S/C21H28N6O2/c28-21(17-15-18(29-24-17)16-5-6-16)27-13-11-26(12-14-27)20-8-7-19(22-23-20)25-9-3-1-2-4-10-25/h7-8,15-16H,1-6,9-14H2. The van der Waals surface area contributed by atoms with E-state index in [9.17, 15) is 4.79 Å². The van der Waals surface area contributed by atoms with E-state index < -0.39 is 0 Å². The van der Waals surface area contributed by atoms with Crippen LogP contribution in [0, 0.1) is 0 Å². The first-order chi connectivity index (χ1) is 14.3. The molecule has 0 unspecified atom stereocenters. The van der Waals surface area contributed by atoms with Crippen molar-refractivity contribution in [3.8, 4) is 0 Å². The van der Waals surface area contributed by atoms with Crippen molar-refractivity contribution in [2.75, 3.05) is 49.1 Å². The van der Waals surface area contributed by atoms with Crippen LogP contribution in [0.2, 0.25) is 0 Å². The quantitative estimate of drug-likeness (QED) is 0.786. The number of hydrogen-bond acceptors (Lipinski definition) is 7. The summed E-state index contributed by atoms with van der Waals surface area (Å²) in [7, 11) is 0. The molecular weight excluding hydrogens is 368 g/mol. The van der Waals surface area contributed by atoms with Gasteiger partial charge in [-0.2, -0.15) is 0 Å². The fourth-order valence-corrected chi connectivity index (χ4v) is 4.21. The van der Waals surface area contributed by atoms with E-state index in [0.717, 1.165) is 56.4 Å². The number of aromatic nitrogens is 3. The Hall–Kier alpha value is -2.64. The Kier molecular flexibility index (Phi) is 5.08. The Balaban J connectivity index is 1.17. The zero-order chi connectivity index (χ0) is 19.6. The Labute approximate surface area is 170 Å². The largest absolute Gasteiger partial charge is 0.360 e. The molecule has 0 aromatic carbocycles. The molecule has 2 saturated heterocycles. The van der Waals surface area contributed by atoms with Gasteiger partial charge in [-0.1, -0.05) is 18.0 Å². The molecule has 0 N–H and O–H groups in total. The number of piperazine rings is 1. The van der Waals surface area contributed by atoms with Gasteiger partial charge in [-0.3, -0.25) is 4.79 Å². The fourth-order valence-electron chi connectivity index (χ4n) is 4.21. The number of amides is 1. The van der Waals surface area contributed by atoms with E-state index in [-0.39, 0.29) is 5.91 Å². The summed E-state index contributed by atoms with van der Waals surface area (Å²) in [6.07, 6.45) is 7.35. The van der Waals surface area contributed by atoms with Gasteiger partial charge in [0.2, 0.25) is 0 Å². The summed E-state index contributed by atoms with van der Waals surface area (Å²) >= 11 is 0. The van der Waals surface area contributed by atoms with E-state index in [4.69, 9.17) is 4.52 Å². The van der Waals surface area contributed by atoms with Crippen LogP contribution in [0.15, 0.2) is 22.7 Å². The average molecular weight is 396 g/mol. The molecule has 0 bridgehead atoms. The topological polar surface area (TPSA) is 78.6 Å². The van der Waals surface area contributed by atoms with Gasteiger partial charge in [0.05, 0.1) is 0 Å². The van der Waals surface area contributed by atoms with E-state index in [1.165, 1.54) is 25.7 Å². The molecular formula is C21H28N6O2. The molecule has 2 aromatic heterocycles. The van der Waals surface area contributed by atoms with E-state index >= 15 is 0 Å². The monoisotopic (exact) mass is 396 g/mol. The first-order valence-electron chi connectivity index (χ1n) is 10.9. The molecule has 8 nitrogen and oxygen atoms in total. The van der Waals surface area contributed by atoms with Crippen LogP contribution >= 0.6 is 0 Å². The predicted octanol–water partition coefficient (Wildman–Crippen LogP) is 2.68. The summed E-state index contributed by atoms with van der Waals surface area (Å²) in [6, 6.07) is 5.96. The highest BCUT2D eigenvalue weighted by atomic mass is 16.5. The number of carbonyl (C=O) groups excluding carboxylic acids is 1. The number of hydrogen-bond donors (Lipinski definition) is 0. The molecule has 2 aliphatic heterocycles. The first-order valence-corrected chi connectivity index (χ1v) is 10.9. The minimum atomic E-state index is -0.0390. The number of rotatable bonds is 4. The average Bonchev–Trinajstić information content (AvgIpc) is 3.56. The zero-order valence-electron chi connectivity index (χ0n) is 16.8. The lowest BCUT2D eigenvalue weighted by Crippen LogP contribution is -2.49. The summed E-state index contributed by atoms with van der Waals surface area (Å²) in [4.78, 5) is 19.1. The van der Waals surface area contributed by atoms with Gasteiger partial charge < -0.3 is 19.2 Å². The second-order valence-electron chi connectivity index (χ2n) is 8.32. The van der Waals surface area contributed by atoms with Gasteiger partial charge in [-0.05, 0) is 37.8 Å². The molecule has 0 radical (unpaired) electrons. The van der Waals surface area contributed by atoms with E-state index in [1.54, 1.807) is 0 Å². The summed E-state index contributed by atoms with van der Waals surface area (Å²) < 4.78 is 5.33.